The van der Waals surface area contributed by atoms with E-state index >= 15 is 0 Å². The lowest BCUT2D eigenvalue weighted by Crippen LogP contribution is -2.40. The van der Waals surface area contributed by atoms with Crippen LogP contribution in [-0.2, 0) is 16.9 Å². The number of carbonyl (C=O) groups excluding carboxylic acids is 2. The summed E-state index contributed by atoms with van der Waals surface area (Å²) in [5.74, 6) is -0.416. The molecule has 1 fully saturated rings. The molecule has 1 aliphatic rings. The van der Waals surface area contributed by atoms with Crippen LogP contribution >= 0.6 is 0 Å². The molecule has 6 heteroatoms. The molecule has 0 aliphatic carbocycles. The Morgan fingerprint density at radius 2 is 1.84 bits per heavy atom. The third-order valence-electron chi connectivity index (χ3n) is 4.31. The van der Waals surface area contributed by atoms with Gasteiger partial charge in [-0.1, -0.05) is 30.3 Å². The summed E-state index contributed by atoms with van der Waals surface area (Å²) in [5, 5.41) is 20.9. The fourth-order valence-electron chi connectivity index (χ4n) is 2.87. The highest BCUT2D eigenvalue weighted by Gasteiger charge is 2.49. The molecular weight excluding hydrogens is 316 g/mol. The van der Waals surface area contributed by atoms with E-state index in [9.17, 15) is 14.9 Å². The number of hydrogen-bond donors (Lipinski definition) is 1. The summed E-state index contributed by atoms with van der Waals surface area (Å²) in [4.78, 5) is 26.4. The van der Waals surface area contributed by atoms with Gasteiger partial charge in [0.1, 0.15) is 5.54 Å². The lowest BCUT2D eigenvalue weighted by molar-refractivity contribution is -0.131. The summed E-state index contributed by atoms with van der Waals surface area (Å²) in [5.41, 5.74) is 0.729. The Morgan fingerprint density at radius 3 is 2.56 bits per heavy atom. The van der Waals surface area contributed by atoms with Gasteiger partial charge in [0.2, 0.25) is 0 Å². The maximum absolute atomic E-state index is 12.9. The molecule has 122 valence electrons. The fraction of sp³-hybridized carbons (Fsp3) is 0.158. The smallest absolute Gasteiger partial charge is 0.319 e. The van der Waals surface area contributed by atoms with Gasteiger partial charge in [-0.25, -0.2) is 4.79 Å². The summed E-state index contributed by atoms with van der Waals surface area (Å²) in [6.07, 6.45) is 0. The molecule has 3 rings (SSSR count). The second-order valence-corrected chi connectivity index (χ2v) is 5.91. The molecule has 0 aromatic heterocycles. The van der Waals surface area contributed by atoms with Crippen LogP contribution in [0.15, 0.2) is 48.5 Å². The normalized spacial score (nSPS) is 19.2. The van der Waals surface area contributed by atoms with E-state index < -0.39 is 17.5 Å². The molecule has 0 unspecified atom stereocenters. The van der Waals surface area contributed by atoms with Gasteiger partial charge in [-0.2, -0.15) is 10.5 Å². The minimum atomic E-state index is -1.24. The first-order valence-corrected chi connectivity index (χ1v) is 7.62. The monoisotopic (exact) mass is 330 g/mol. The van der Waals surface area contributed by atoms with Crippen LogP contribution < -0.4 is 5.32 Å². The third kappa shape index (κ3) is 2.71. The Kier molecular flexibility index (Phi) is 3.96. The van der Waals surface area contributed by atoms with Crippen molar-refractivity contribution >= 4 is 11.9 Å². The van der Waals surface area contributed by atoms with Crippen molar-refractivity contribution in [2.75, 3.05) is 0 Å². The van der Waals surface area contributed by atoms with E-state index in [1.807, 2.05) is 6.07 Å². The maximum Gasteiger partial charge on any atom is 0.325 e. The van der Waals surface area contributed by atoms with Crippen LogP contribution in [0.1, 0.15) is 29.2 Å². The Balaban J connectivity index is 1.95. The quantitative estimate of drug-likeness (QED) is 0.874. The Morgan fingerprint density at radius 1 is 1.08 bits per heavy atom. The second kappa shape index (κ2) is 6.10. The molecule has 0 radical (unpaired) electrons. The zero-order valence-electron chi connectivity index (χ0n) is 13.5. The van der Waals surface area contributed by atoms with E-state index in [1.165, 1.54) is 0 Å². The van der Waals surface area contributed by atoms with E-state index in [0.717, 1.165) is 4.90 Å². The van der Waals surface area contributed by atoms with Crippen molar-refractivity contribution in [3.8, 4) is 12.1 Å². The van der Waals surface area contributed by atoms with Crippen LogP contribution in [0.2, 0.25) is 0 Å². The third-order valence-corrected chi connectivity index (χ3v) is 4.31. The summed E-state index contributed by atoms with van der Waals surface area (Å²) in [7, 11) is 0. The number of nitrogens with zero attached hydrogens (tertiary/aromatic N) is 3. The number of nitriles is 2. The van der Waals surface area contributed by atoms with Gasteiger partial charge in [0.15, 0.2) is 0 Å². The van der Waals surface area contributed by atoms with Gasteiger partial charge in [0.05, 0.1) is 29.8 Å². The van der Waals surface area contributed by atoms with Crippen molar-refractivity contribution in [2.45, 2.75) is 19.0 Å². The SMILES string of the molecule is C[C@@]1(c2cccc(C#N)c2)NC(=O)N(Cc2ccccc2C#N)C1=O. The van der Waals surface area contributed by atoms with Gasteiger partial charge in [0.25, 0.3) is 5.91 Å². The van der Waals surface area contributed by atoms with Crippen molar-refractivity contribution < 1.29 is 9.59 Å². The van der Waals surface area contributed by atoms with Crippen LogP contribution in [0.5, 0.6) is 0 Å². The number of benzene rings is 2. The first-order valence-electron chi connectivity index (χ1n) is 7.62. The lowest BCUT2D eigenvalue weighted by atomic mass is 9.91. The van der Waals surface area contributed by atoms with Crippen LogP contribution in [-0.4, -0.2) is 16.8 Å². The van der Waals surface area contributed by atoms with E-state index in [1.54, 1.807) is 55.5 Å². The molecule has 0 bridgehead atoms. The summed E-state index contributed by atoms with van der Waals surface area (Å²) in [6, 6.07) is 17.0. The van der Waals surface area contributed by atoms with Crippen molar-refractivity contribution in [3.63, 3.8) is 0 Å². The van der Waals surface area contributed by atoms with E-state index in [4.69, 9.17) is 5.26 Å². The highest BCUT2D eigenvalue weighted by Crippen LogP contribution is 2.30. The van der Waals surface area contributed by atoms with Crippen molar-refractivity contribution in [1.29, 1.82) is 10.5 Å². The Bertz CT molecular complexity index is 954. The summed E-state index contributed by atoms with van der Waals surface area (Å²) in [6.45, 7) is 1.63. The number of nitrogens with one attached hydrogen (secondary N) is 1. The summed E-state index contributed by atoms with van der Waals surface area (Å²) >= 11 is 0. The molecule has 0 saturated carbocycles. The predicted octanol–water partition coefficient (Wildman–Crippen LogP) is 2.40. The topological polar surface area (TPSA) is 97.0 Å². The van der Waals surface area contributed by atoms with Gasteiger partial charge in [-0.05, 0) is 36.2 Å². The second-order valence-electron chi connectivity index (χ2n) is 5.91. The highest BCUT2D eigenvalue weighted by atomic mass is 16.2. The summed E-state index contributed by atoms with van der Waals surface area (Å²) < 4.78 is 0. The number of hydrogen-bond acceptors (Lipinski definition) is 4. The molecule has 2 aromatic rings. The molecule has 0 spiro atoms. The van der Waals surface area contributed by atoms with Crippen LogP contribution in [0.25, 0.3) is 0 Å². The largest absolute Gasteiger partial charge is 0.325 e. The van der Waals surface area contributed by atoms with Crippen LogP contribution in [0, 0.1) is 22.7 Å². The lowest BCUT2D eigenvalue weighted by Gasteiger charge is -2.22. The molecule has 1 aliphatic heterocycles. The number of imide groups is 1. The van der Waals surface area contributed by atoms with Gasteiger partial charge < -0.3 is 5.32 Å². The maximum atomic E-state index is 12.9. The minimum absolute atomic E-state index is 0.0158. The molecule has 1 saturated heterocycles. The Hall–Kier alpha value is -3.64. The fourth-order valence-corrected chi connectivity index (χ4v) is 2.87. The van der Waals surface area contributed by atoms with E-state index in [2.05, 4.69) is 11.4 Å². The van der Waals surface area contributed by atoms with Gasteiger partial charge in [-0.15, -0.1) is 0 Å². The highest BCUT2D eigenvalue weighted by molar-refractivity contribution is 6.07. The van der Waals surface area contributed by atoms with Crippen LogP contribution in [0.3, 0.4) is 0 Å². The molecule has 6 nitrogen and oxygen atoms in total. The van der Waals surface area contributed by atoms with Crippen LogP contribution in [0.4, 0.5) is 4.79 Å². The van der Waals surface area contributed by atoms with E-state index in [-0.39, 0.29) is 6.54 Å². The van der Waals surface area contributed by atoms with Gasteiger partial charge in [0, 0.05) is 0 Å². The molecule has 25 heavy (non-hydrogen) atoms. The zero-order valence-corrected chi connectivity index (χ0v) is 13.5. The molecule has 1 N–H and O–H groups in total. The molecule has 1 atom stereocenters. The van der Waals surface area contributed by atoms with Gasteiger partial charge >= 0.3 is 6.03 Å². The molecule has 3 amide bonds. The zero-order chi connectivity index (χ0) is 18.0. The van der Waals surface area contributed by atoms with Crippen molar-refractivity contribution in [3.05, 3.63) is 70.8 Å². The molecule has 2 aromatic carbocycles. The van der Waals surface area contributed by atoms with Gasteiger partial charge in [-0.3, -0.25) is 9.69 Å². The average Bonchev–Trinajstić information content (AvgIpc) is 2.86. The molecule has 1 heterocycles. The standard InChI is InChI=1S/C19H14N4O2/c1-19(16-8-4-5-13(9-16)10-20)17(24)23(18(25)22-19)12-15-7-3-2-6-14(15)11-21/h2-9H,12H2,1H3,(H,22,25)/t19-/m0/s1. The number of carbonyl (C=O) groups is 2. The number of amides is 3. The average molecular weight is 330 g/mol. The molecular formula is C19H14N4O2. The first kappa shape index (κ1) is 16.2. The van der Waals surface area contributed by atoms with Crippen molar-refractivity contribution in [1.82, 2.24) is 10.2 Å². The predicted molar refractivity (Wildman–Crippen MR) is 88.7 cm³/mol. The van der Waals surface area contributed by atoms with Crippen molar-refractivity contribution in [2.24, 2.45) is 0 Å². The minimum Gasteiger partial charge on any atom is -0.319 e. The van der Waals surface area contributed by atoms with E-state index in [0.29, 0.717) is 22.3 Å². The Labute approximate surface area is 144 Å². The number of urea groups is 1. The first-order chi connectivity index (χ1) is 12.0. The number of rotatable bonds is 3.